The lowest BCUT2D eigenvalue weighted by Crippen LogP contribution is -2.34. The van der Waals surface area contributed by atoms with E-state index in [0.29, 0.717) is 30.2 Å². The van der Waals surface area contributed by atoms with Crippen LogP contribution in [0.15, 0.2) is 24.4 Å². The summed E-state index contributed by atoms with van der Waals surface area (Å²) >= 11 is 6.05. The van der Waals surface area contributed by atoms with Gasteiger partial charge in [-0.2, -0.15) is 0 Å². The van der Waals surface area contributed by atoms with Crippen molar-refractivity contribution in [3.05, 3.63) is 40.6 Å². The first-order chi connectivity index (χ1) is 9.51. The zero-order chi connectivity index (χ0) is 14.7. The number of urea groups is 1. The largest absolute Gasteiger partial charge is 0.326 e. The summed E-state index contributed by atoms with van der Waals surface area (Å²) in [6.07, 6.45) is 3.25. The average molecular weight is 294 g/mol. The lowest BCUT2D eigenvalue weighted by Gasteiger charge is -2.22. The molecule has 2 amide bonds. The molecule has 2 rings (SSSR count). The van der Waals surface area contributed by atoms with E-state index in [1.807, 2.05) is 6.92 Å². The lowest BCUT2D eigenvalue weighted by molar-refractivity contribution is -0.115. The van der Waals surface area contributed by atoms with E-state index in [0.717, 1.165) is 11.1 Å². The van der Waals surface area contributed by atoms with Gasteiger partial charge in [0.15, 0.2) is 5.78 Å². The van der Waals surface area contributed by atoms with Crippen LogP contribution in [-0.2, 0) is 11.3 Å². The predicted octanol–water partition coefficient (Wildman–Crippen LogP) is 2.43. The van der Waals surface area contributed by atoms with Gasteiger partial charge in [-0.1, -0.05) is 11.6 Å². The Labute approximate surface area is 122 Å². The molecule has 6 heteroatoms. The van der Waals surface area contributed by atoms with E-state index >= 15 is 0 Å². The smallest absolute Gasteiger partial charge is 0.325 e. The van der Waals surface area contributed by atoms with Crippen molar-refractivity contribution in [2.24, 2.45) is 5.73 Å². The number of carbonyl (C=O) groups is 2. The Morgan fingerprint density at radius 1 is 1.50 bits per heavy atom. The summed E-state index contributed by atoms with van der Waals surface area (Å²) in [5.74, 6) is 0.0298. The van der Waals surface area contributed by atoms with Crippen LogP contribution in [0.4, 0.5) is 10.5 Å². The van der Waals surface area contributed by atoms with E-state index in [1.165, 1.54) is 17.2 Å². The first-order valence-electron chi connectivity index (χ1n) is 6.29. The molecule has 0 saturated carbocycles. The van der Waals surface area contributed by atoms with Crippen LogP contribution in [0, 0.1) is 6.92 Å². The molecule has 0 radical (unpaired) electrons. The van der Waals surface area contributed by atoms with Crippen LogP contribution in [0.2, 0.25) is 5.02 Å². The summed E-state index contributed by atoms with van der Waals surface area (Å²) in [4.78, 5) is 24.7. The zero-order valence-electron chi connectivity index (χ0n) is 11.1. The third-order valence-corrected chi connectivity index (χ3v) is 3.51. The minimum atomic E-state index is -0.276. The third kappa shape index (κ3) is 3.18. The van der Waals surface area contributed by atoms with E-state index < -0.39 is 0 Å². The van der Waals surface area contributed by atoms with Crippen molar-refractivity contribution in [2.75, 3.05) is 11.9 Å². The van der Waals surface area contributed by atoms with Crippen molar-refractivity contribution >= 4 is 29.1 Å². The summed E-state index contributed by atoms with van der Waals surface area (Å²) in [6, 6.07) is 3.27. The quantitative estimate of drug-likeness (QED) is 0.879. The number of hydrogen-bond acceptors (Lipinski definition) is 3. The van der Waals surface area contributed by atoms with Crippen molar-refractivity contribution in [3.63, 3.8) is 0 Å². The van der Waals surface area contributed by atoms with Crippen molar-refractivity contribution in [2.45, 2.75) is 19.9 Å². The Morgan fingerprint density at radius 2 is 2.25 bits per heavy atom. The van der Waals surface area contributed by atoms with Crippen LogP contribution < -0.4 is 11.1 Å². The van der Waals surface area contributed by atoms with Crippen LogP contribution in [0.5, 0.6) is 0 Å². The SMILES string of the molecule is Cc1cc(Cl)c(CN)cc1NC(=O)N1C=CC(=O)CC1. The molecule has 0 fully saturated rings. The molecule has 1 heterocycles. The number of nitrogens with zero attached hydrogens (tertiary/aromatic N) is 1. The van der Waals surface area contributed by atoms with Gasteiger partial charge in [0.2, 0.25) is 0 Å². The summed E-state index contributed by atoms with van der Waals surface area (Å²) in [5.41, 5.74) is 7.91. The minimum absolute atomic E-state index is 0.0298. The maximum atomic E-state index is 12.1. The van der Waals surface area contributed by atoms with Gasteiger partial charge in [0.1, 0.15) is 0 Å². The topological polar surface area (TPSA) is 75.4 Å². The third-order valence-electron chi connectivity index (χ3n) is 3.16. The Bertz CT molecular complexity index is 584. The van der Waals surface area contributed by atoms with Gasteiger partial charge in [-0.05, 0) is 36.3 Å². The van der Waals surface area contributed by atoms with Gasteiger partial charge in [-0.15, -0.1) is 0 Å². The van der Waals surface area contributed by atoms with Gasteiger partial charge in [0, 0.05) is 36.4 Å². The van der Waals surface area contributed by atoms with Gasteiger partial charge >= 0.3 is 6.03 Å². The van der Waals surface area contributed by atoms with Crippen LogP contribution in [0.1, 0.15) is 17.5 Å². The standard InChI is InChI=1S/C14H16ClN3O2/c1-9-6-12(15)10(8-16)7-13(9)17-14(20)18-4-2-11(19)3-5-18/h2,4,6-7H,3,5,8,16H2,1H3,(H,17,20). The zero-order valence-corrected chi connectivity index (χ0v) is 11.9. The average Bonchev–Trinajstić information content (AvgIpc) is 2.42. The normalized spacial score (nSPS) is 14.6. The second-order valence-electron chi connectivity index (χ2n) is 4.62. The van der Waals surface area contributed by atoms with Gasteiger partial charge in [-0.25, -0.2) is 4.79 Å². The van der Waals surface area contributed by atoms with Gasteiger partial charge in [0.05, 0.1) is 0 Å². The first kappa shape index (κ1) is 14.6. The summed E-state index contributed by atoms with van der Waals surface area (Å²) in [6.45, 7) is 2.55. The molecule has 0 aromatic heterocycles. The maximum Gasteiger partial charge on any atom is 0.325 e. The summed E-state index contributed by atoms with van der Waals surface area (Å²) in [7, 11) is 0. The highest BCUT2D eigenvalue weighted by Crippen LogP contribution is 2.25. The number of rotatable bonds is 2. The predicted molar refractivity (Wildman–Crippen MR) is 78.6 cm³/mol. The van der Waals surface area contributed by atoms with E-state index in [-0.39, 0.29) is 11.8 Å². The summed E-state index contributed by atoms with van der Waals surface area (Å²) < 4.78 is 0. The molecular weight excluding hydrogens is 278 g/mol. The second kappa shape index (κ2) is 6.07. The number of carbonyl (C=O) groups excluding carboxylic acids is 2. The van der Waals surface area contributed by atoms with Gasteiger partial charge in [-0.3, -0.25) is 4.79 Å². The molecule has 20 heavy (non-hydrogen) atoms. The molecule has 3 N–H and O–H groups in total. The second-order valence-corrected chi connectivity index (χ2v) is 5.03. The Morgan fingerprint density at radius 3 is 2.85 bits per heavy atom. The first-order valence-corrected chi connectivity index (χ1v) is 6.67. The van der Waals surface area contributed by atoms with E-state index in [4.69, 9.17) is 17.3 Å². The van der Waals surface area contributed by atoms with Crippen molar-refractivity contribution in [1.29, 1.82) is 0 Å². The van der Waals surface area contributed by atoms with Gasteiger partial charge < -0.3 is 16.0 Å². The van der Waals surface area contributed by atoms with Crippen molar-refractivity contribution in [3.8, 4) is 0 Å². The number of anilines is 1. The highest BCUT2D eigenvalue weighted by atomic mass is 35.5. The van der Waals surface area contributed by atoms with Crippen LogP contribution >= 0.6 is 11.6 Å². The molecule has 0 bridgehead atoms. The Kier molecular flexibility index (Phi) is 4.42. The van der Waals surface area contributed by atoms with Crippen LogP contribution in [0.3, 0.4) is 0 Å². The fourth-order valence-corrected chi connectivity index (χ4v) is 2.22. The molecule has 0 aliphatic carbocycles. The highest BCUT2D eigenvalue weighted by molar-refractivity contribution is 6.31. The van der Waals surface area contributed by atoms with Gasteiger partial charge in [0.25, 0.3) is 0 Å². The Balaban J connectivity index is 2.15. The van der Waals surface area contributed by atoms with Crippen LogP contribution in [0.25, 0.3) is 0 Å². The molecule has 1 aromatic carbocycles. The van der Waals surface area contributed by atoms with E-state index in [9.17, 15) is 9.59 Å². The molecule has 0 atom stereocenters. The molecule has 1 aliphatic heterocycles. The molecule has 0 unspecified atom stereocenters. The molecular formula is C14H16ClN3O2. The minimum Gasteiger partial charge on any atom is -0.326 e. The molecule has 5 nitrogen and oxygen atoms in total. The van der Waals surface area contributed by atoms with Crippen molar-refractivity contribution in [1.82, 2.24) is 4.90 Å². The number of halogens is 1. The lowest BCUT2D eigenvalue weighted by atomic mass is 10.1. The number of nitrogens with one attached hydrogen (secondary N) is 1. The van der Waals surface area contributed by atoms with Crippen molar-refractivity contribution < 1.29 is 9.59 Å². The monoisotopic (exact) mass is 293 g/mol. The Hall–Kier alpha value is -1.85. The molecule has 1 aliphatic rings. The maximum absolute atomic E-state index is 12.1. The number of hydrogen-bond donors (Lipinski definition) is 2. The summed E-state index contributed by atoms with van der Waals surface area (Å²) in [5, 5.41) is 3.40. The number of aryl methyl sites for hydroxylation is 1. The molecule has 106 valence electrons. The number of nitrogens with two attached hydrogens (primary N) is 1. The molecule has 0 spiro atoms. The molecule has 0 saturated heterocycles. The van der Waals surface area contributed by atoms with E-state index in [2.05, 4.69) is 5.32 Å². The van der Waals surface area contributed by atoms with E-state index in [1.54, 1.807) is 12.1 Å². The highest BCUT2D eigenvalue weighted by Gasteiger charge is 2.17. The number of amides is 2. The van der Waals surface area contributed by atoms with Crippen LogP contribution in [-0.4, -0.2) is 23.3 Å². The fraction of sp³-hybridized carbons (Fsp3) is 0.286. The number of allylic oxidation sites excluding steroid dienone is 1. The fourth-order valence-electron chi connectivity index (χ4n) is 1.93. The number of ketones is 1. The number of benzene rings is 1. The molecule has 1 aromatic rings.